The lowest BCUT2D eigenvalue weighted by molar-refractivity contribution is -0.00871. The van der Waals surface area contributed by atoms with Crippen molar-refractivity contribution in [2.24, 2.45) is 29.1 Å². The molecule has 3 N–H and O–H groups in total. The Morgan fingerprint density at radius 2 is 2.00 bits per heavy atom. The molecule has 0 radical (unpaired) electrons. The zero-order chi connectivity index (χ0) is 27.4. The first-order valence-electron chi connectivity index (χ1n) is 14.8. The molecule has 5 fully saturated rings. The number of benzene rings is 1. The fourth-order valence-corrected chi connectivity index (χ4v) is 8.71. The van der Waals surface area contributed by atoms with Gasteiger partial charge in [0.2, 0.25) is 0 Å². The highest BCUT2D eigenvalue weighted by Gasteiger charge is 2.57. The molecule has 5 aliphatic rings. The van der Waals surface area contributed by atoms with Gasteiger partial charge in [-0.1, -0.05) is 23.7 Å². The molecule has 1 saturated heterocycles. The minimum atomic E-state index is -0.479. The van der Waals surface area contributed by atoms with Crippen LogP contribution in [0.4, 0.5) is 9.59 Å². The monoisotopic (exact) mass is 560 g/mol. The number of amides is 3. The van der Waals surface area contributed by atoms with Crippen molar-refractivity contribution in [1.82, 2.24) is 20.9 Å². The Bertz CT molecular complexity index is 995. The molecule has 39 heavy (non-hydrogen) atoms. The molecule has 0 aromatic heterocycles. The van der Waals surface area contributed by atoms with E-state index in [0.29, 0.717) is 30.1 Å². The van der Waals surface area contributed by atoms with E-state index in [2.05, 4.69) is 20.7 Å². The van der Waals surface area contributed by atoms with Gasteiger partial charge in [0.15, 0.2) is 0 Å². The molecule has 216 valence electrons. The van der Waals surface area contributed by atoms with Crippen molar-refractivity contribution in [3.63, 3.8) is 0 Å². The number of carbonyl (C=O) groups excluding carboxylic acids is 2. The number of piperidine rings is 1. The van der Waals surface area contributed by atoms with Gasteiger partial charge in [-0.2, -0.15) is 0 Å². The third-order valence-corrected chi connectivity index (χ3v) is 10.0. The molecule has 6 rings (SSSR count). The Morgan fingerprint density at radius 3 is 2.72 bits per heavy atom. The zero-order valence-corrected chi connectivity index (χ0v) is 24.2. The molecule has 1 aromatic rings. The molecular formula is C30H45ClN4O4. The van der Waals surface area contributed by atoms with E-state index in [0.717, 1.165) is 55.7 Å². The number of hydrogen-bond donors (Lipinski definition) is 3. The van der Waals surface area contributed by atoms with Crippen LogP contribution in [0.15, 0.2) is 24.3 Å². The Labute approximate surface area is 237 Å². The van der Waals surface area contributed by atoms with E-state index >= 15 is 0 Å². The summed E-state index contributed by atoms with van der Waals surface area (Å²) in [7, 11) is 3.32. The van der Waals surface area contributed by atoms with Gasteiger partial charge in [0.1, 0.15) is 0 Å². The van der Waals surface area contributed by atoms with Crippen LogP contribution in [0.2, 0.25) is 5.02 Å². The third kappa shape index (κ3) is 6.66. The molecular weight excluding hydrogens is 516 g/mol. The molecule has 9 heteroatoms. The first-order chi connectivity index (χ1) is 18.9. The lowest BCUT2D eigenvalue weighted by Gasteiger charge is -2.39. The third-order valence-electron chi connectivity index (χ3n) is 9.79. The van der Waals surface area contributed by atoms with Crippen LogP contribution in [0, 0.1) is 29.1 Å². The first kappa shape index (κ1) is 28.5. The summed E-state index contributed by atoms with van der Waals surface area (Å²) in [4.78, 5) is 27.0. The second-order valence-electron chi connectivity index (χ2n) is 12.4. The van der Waals surface area contributed by atoms with Gasteiger partial charge in [0, 0.05) is 43.2 Å². The van der Waals surface area contributed by atoms with Crippen LogP contribution in [0.25, 0.3) is 0 Å². The van der Waals surface area contributed by atoms with Gasteiger partial charge in [0.05, 0.1) is 19.8 Å². The van der Waals surface area contributed by atoms with E-state index in [-0.39, 0.29) is 24.1 Å². The lowest BCUT2D eigenvalue weighted by atomic mass is 9.72. The second-order valence-corrected chi connectivity index (χ2v) is 12.9. The summed E-state index contributed by atoms with van der Waals surface area (Å²) in [5.74, 6) is 2.83. The predicted molar refractivity (Wildman–Crippen MR) is 152 cm³/mol. The molecule has 4 bridgehead atoms. The maximum atomic E-state index is 13.6. The van der Waals surface area contributed by atoms with Gasteiger partial charge in [-0.05, 0) is 99.3 Å². The SMILES string of the molecule is CNC[C@H](CC12CC3CC1C[C@@H](C3)C2)NC(=O)N1CCCC([C@@H](OCCNC(=O)OC)c2cccc(Cl)c2)C1. The molecule has 0 spiro atoms. The van der Waals surface area contributed by atoms with Crippen LogP contribution in [-0.2, 0) is 9.47 Å². The quantitative estimate of drug-likeness (QED) is 0.332. The van der Waals surface area contributed by atoms with Gasteiger partial charge in [-0.15, -0.1) is 0 Å². The number of rotatable bonds is 11. The average molecular weight is 561 g/mol. The normalized spacial score (nSPS) is 30.7. The highest BCUT2D eigenvalue weighted by molar-refractivity contribution is 6.30. The number of carbonyl (C=O) groups is 2. The summed E-state index contributed by atoms with van der Waals surface area (Å²) in [6.45, 7) is 2.85. The van der Waals surface area contributed by atoms with Crippen LogP contribution in [0.5, 0.6) is 0 Å². The van der Waals surface area contributed by atoms with Crippen molar-refractivity contribution in [2.75, 3.05) is 46.9 Å². The van der Waals surface area contributed by atoms with Crippen LogP contribution >= 0.6 is 11.6 Å². The number of hydrogen-bond acceptors (Lipinski definition) is 5. The standard InChI is InChI=1S/C30H45ClN4O4/c1-32-18-26(17-30-15-20-11-21(16-30)13-24(30)12-20)34-28(36)35-9-4-6-23(19-35)27(22-5-3-7-25(31)14-22)39-10-8-33-29(37)38-2/h3,5,7,14,20-21,23-24,26-27,32H,4,6,8-13,15-19H2,1-2H3,(H,33,37)(H,34,36)/t20-,21?,23?,24?,26+,27+,30?/m1/s1. The van der Waals surface area contributed by atoms with Gasteiger partial charge in [-0.3, -0.25) is 0 Å². The minimum Gasteiger partial charge on any atom is -0.453 e. The maximum absolute atomic E-state index is 13.6. The van der Waals surface area contributed by atoms with E-state index in [1.807, 2.05) is 36.2 Å². The Hall–Kier alpha value is -2.03. The van der Waals surface area contributed by atoms with Crippen LogP contribution in [0.3, 0.4) is 0 Å². The van der Waals surface area contributed by atoms with Crippen LogP contribution in [0.1, 0.15) is 63.0 Å². The molecule has 4 saturated carbocycles. The number of likely N-dealkylation sites (N-methyl/N-ethyl adjacent to an activating group) is 1. The molecule has 8 nitrogen and oxygen atoms in total. The molecule has 1 aliphatic heterocycles. The van der Waals surface area contributed by atoms with E-state index in [1.54, 1.807) is 0 Å². The molecule has 7 atom stereocenters. The van der Waals surface area contributed by atoms with Crippen LogP contribution in [-0.4, -0.2) is 70.0 Å². The average Bonchev–Trinajstić information content (AvgIpc) is 3.30. The fourth-order valence-electron chi connectivity index (χ4n) is 8.52. The van der Waals surface area contributed by atoms with E-state index in [1.165, 1.54) is 39.2 Å². The van der Waals surface area contributed by atoms with E-state index in [9.17, 15) is 9.59 Å². The molecule has 1 aromatic carbocycles. The number of nitrogens with one attached hydrogen (secondary N) is 3. The number of alkyl carbamates (subject to hydrolysis) is 1. The smallest absolute Gasteiger partial charge is 0.406 e. The van der Waals surface area contributed by atoms with Crippen molar-refractivity contribution >= 4 is 23.7 Å². The summed E-state index contributed by atoms with van der Waals surface area (Å²) in [5.41, 5.74) is 1.43. The predicted octanol–water partition coefficient (Wildman–Crippen LogP) is 4.98. The fraction of sp³-hybridized carbons (Fsp3) is 0.733. The summed E-state index contributed by atoms with van der Waals surface area (Å²) in [6, 6.07) is 7.92. The van der Waals surface area contributed by atoms with Crippen molar-refractivity contribution in [1.29, 1.82) is 0 Å². The van der Waals surface area contributed by atoms with Crippen LogP contribution < -0.4 is 16.0 Å². The first-order valence-corrected chi connectivity index (χ1v) is 15.2. The van der Waals surface area contributed by atoms with Gasteiger partial charge in [-0.25, -0.2) is 9.59 Å². The summed E-state index contributed by atoms with van der Waals surface area (Å²) < 4.78 is 11.0. The van der Waals surface area contributed by atoms with E-state index in [4.69, 9.17) is 16.3 Å². The zero-order valence-electron chi connectivity index (χ0n) is 23.4. The van der Waals surface area contributed by atoms with Crippen molar-refractivity contribution in [2.45, 2.75) is 63.5 Å². The van der Waals surface area contributed by atoms with Gasteiger partial charge >= 0.3 is 12.1 Å². The number of urea groups is 1. The van der Waals surface area contributed by atoms with Crippen molar-refractivity contribution in [3.05, 3.63) is 34.9 Å². The number of ether oxygens (including phenoxy) is 2. The lowest BCUT2D eigenvalue weighted by Crippen LogP contribution is -2.52. The highest BCUT2D eigenvalue weighted by Crippen LogP contribution is 2.67. The summed E-state index contributed by atoms with van der Waals surface area (Å²) in [5, 5.41) is 10.1. The molecule has 4 aliphatic carbocycles. The molecule has 1 heterocycles. The highest BCUT2D eigenvalue weighted by atomic mass is 35.5. The summed E-state index contributed by atoms with van der Waals surface area (Å²) in [6.07, 6.45) is 9.24. The number of halogens is 1. The number of methoxy groups -OCH3 is 1. The topological polar surface area (TPSA) is 91.9 Å². The molecule has 3 amide bonds. The van der Waals surface area contributed by atoms with Gasteiger partial charge in [0.25, 0.3) is 0 Å². The van der Waals surface area contributed by atoms with E-state index < -0.39 is 6.09 Å². The number of likely N-dealkylation sites (tertiary alicyclic amines) is 1. The molecule has 4 unspecified atom stereocenters. The second kappa shape index (κ2) is 12.6. The Kier molecular flexibility index (Phi) is 9.24. The van der Waals surface area contributed by atoms with Crippen molar-refractivity contribution in [3.8, 4) is 0 Å². The Morgan fingerprint density at radius 1 is 1.21 bits per heavy atom. The summed E-state index contributed by atoms with van der Waals surface area (Å²) >= 11 is 6.33. The maximum Gasteiger partial charge on any atom is 0.406 e. The van der Waals surface area contributed by atoms with Crippen molar-refractivity contribution < 1.29 is 19.1 Å². The minimum absolute atomic E-state index is 0.0336. The Balaban J connectivity index is 1.22. The number of nitrogens with zero attached hydrogens (tertiary/aromatic N) is 1. The van der Waals surface area contributed by atoms with Gasteiger partial charge < -0.3 is 30.3 Å². The largest absolute Gasteiger partial charge is 0.453 e.